The van der Waals surface area contributed by atoms with Crippen molar-refractivity contribution in [2.24, 2.45) is 0 Å². The molecule has 25 heavy (non-hydrogen) atoms. The molecule has 1 amide bonds. The van der Waals surface area contributed by atoms with Gasteiger partial charge < -0.3 is 11.1 Å². The number of anilines is 2. The van der Waals surface area contributed by atoms with E-state index in [9.17, 15) is 18.0 Å². The zero-order valence-electron chi connectivity index (χ0n) is 13.8. The Labute approximate surface area is 144 Å². The number of hydrogen-bond donors (Lipinski definition) is 2. The number of benzene rings is 2. The molecule has 0 heterocycles. The van der Waals surface area contributed by atoms with E-state index in [1.807, 2.05) is 24.0 Å². The van der Waals surface area contributed by atoms with Crippen LogP contribution in [0.2, 0.25) is 0 Å². The lowest BCUT2D eigenvalue weighted by Gasteiger charge is -2.21. The van der Waals surface area contributed by atoms with Crippen molar-refractivity contribution in [1.29, 1.82) is 0 Å². The number of halogens is 3. The Balaban J connectivity index is 2.04. The molecule has 134 valence electrons. The van der Waals surface area contributed by atoms with Gasteiger partial charge in [-0.1, -0.05) is 31.2 Å². The molecule has 0 saturated carbocycles. The van der Waals surface area contributed by atoms with Crippen LogP contribution in [0.3, 0.4) is 0 Å². The molecule has 0 aromatic heterocycles. The predicted octanol–water partition coefficient (Wildman–Crippen LogP) is 3.75. The summed E-state index contributed by atoms with van der Waals surface area (Å²) in [6.45, 7) is 2.92. The molecule has 2 rings (SSSR count). The Kier molecular flexibility index (Phi) is 6.03. The highest BCUT2D eigenvalue weighted by atomic mass is 19.4. The molecule has 0 bridgehead atoms. The molecule has 3 N–H and O–H groups in total. The maximum absolute atomic E-state index is 13.0. The number of para-hydroxylation sites is 1. The van der Waals surface area contributed by atoms with E-state index in [0.29, 0.717) is 18.8 Å². The van der Waals surface area contributed by atoms with Crippen LogP contribution < -0.4 is 11.1 Å². The lowest BCUT2D eigenvalue weighted by Crippen LogP contribution is -2.33. The lowest BCUT2D eigenvalue weighted by atomic mass is 10.1. The summed E-state index contributed by atoms with van der Waals surface area (Å²) in [5.74, 6) is -0.498. The van der Waals surface area contributed by atoms with Crippen molar-refractivity contribution >= 4 is 17.3 Å². The van der Waals surface area contributed by atoms with Crippen LogP contribution in [0.5, 0.6) is 0 Å². The van der Waals surface area contributed by atoms with E-state index in [4.69, 9.17) is 5.73 Å². The zero-order chi connectivity index (χ0) is 18.4. The van der Waals surface area contributed by atoms with Crippen molar-refractivity contribution in [2.75, 3.05) is 24.1 Å². The fraction of sp³-hybridized carbons (Fsp3) is 0.278. The van der Waals surface area contributed by atoms with Crippen LogP contribution in [0, 0.1) is 0 Å². The minimum atomic E-state index is -4.52. The van der Waals surface area contributed by atoms with Gasteiger partial charge in [-0.15, -0.1) is 0 Å². The molecule has 7 heteroatoms. The molecule has 0 unspecified atom stereocenters. The van der Waals surface area contributed by atoms with E-state index < -0.39 is 17.6 Å². The van der Waals surface area contributed by atoms with Gasteiger partial charge in [0.25, 0.3) is 0 Å². The van der Waals surface area contributed by atoms with Gasteiger partial charge >= 0.3 is 6.18 Å². The summed E-state index contributed by atoms with van der Waals surface area (Å²) in [5.41, 5.74) is 6.19. The second-order valence-electron chi connectivity index (χ2n) is 5.64. The standard InChI is InChI=1S/C18H20F3N3O/c1-2-24(11-13-6-5-7-14(22)10-13)12-17(25)23-16-9-4-3-8-15(16)18(19,20)21/h3-10H,2,11-12,22H2,1H3,(H,23,25). The molecule has 0 atom stereocenters. The number of nitrogens with zero attached hydrogens (tertiary/aromatic N) is 1. The van der Waals surface area contributed by atoms with Crippen LogP contribution in [0.1, 0.15) is 18.1 Å². The van der Waals surface area contributed by atoms with Gasteiger partial charge in [0.1, 0.15) is 0 Å². The number of carbonyl (C=O) groups excluding carboxylic acids is 1. The minimum absolute atomic E-state index is 0.0164. The van der Waals surface area contributed by atoms with Crippen molar-refractivity contribution in [2.45, 2.75) is 19.6 Å². The summed E-state index contributed by atoms with van der Waals surface area (Å²) in [6.07, 6.45) is -4.52. The van der Waals surface area contributed by atoms with E-state index in [1.54, 1.807) is 12.1 Å². The summed E-state index contributed by atoms with van der Waals surface area (Å²) in [6, 6.07) is 12.2. The summed E-state index contributed by atoms with van der Waals surface area (Å²) in [4.78, 5) is 14.0. The fourth-order valence-electron chi connectivity index (χ4n) is 2.46. The van der Waals surface area contributed by atoms with Crippen LogP contribution >= 0.6 is 0 Å². The number of likely N-dealkylation sites (N-methyl/N-ethyl adjacent to an activating group) is 1. The van der Waals surface area contributed by atoms with E-state index in [2.05, 4.69) is 5.32 Å². The van der Waals surface area contributed by atoms with Crippen LogP contribution in [0.25, 0.3) is 0 Å². The number of amides is 1. The molecule has 2 aromatic rings. The van der Waals surface area contributed by atoms with Crippen molar-refractivity contribution in [3.05, 3.63) is 59.7 Å². The number of carbonyl (C=O) groups is 1. The first-order valence-electron chi connectivity index (χ1n) is 7.82. The van der Waals surface area contributed by atoms with E-state index >= 15 is 0 Å². The minimum Gasteiger partial charge on any atom is -0.399 e. The average Bonchev–Trinajstić information content (AvgIpc) is 2.53. The highest BCUT2D eigenvalue weighted by molar-refractivity contribution is 5.93. The van der Waals surface area contributed by atoms with Gasteiger partial charge in [0.2, 0.25) is 5.91 Å². The maximum Gasteiger partial charge on any atom is 0.418 e. The molecule has 0 spiro atoms. The third kappa shape index (κ3) is 5.49. The number of nitrogen functional groups attached to an aromatic ring is 1. The SMILES string of the molecule is CCN(CC(=O)Nc1ccccc1C(F)(F)F)Cc1cccc(N)c1. The molecule has 0 saturated heterocycles. The number of nitrogens with two attached hydrogens (primary N) is 1. The summed E-state index contributed by atoms with van der Waals surface area (Å²) < 4.78 is 38.9. The second kappa shape index (κ2) is 8.02. The third-order valence-electron chi connectivity index (χ3n) is 3.68. The molecule has 0 aliphatic heterocycles. The van der Waals surface area contributed by atoms with Gasteiger partial charge in [0.05, 0.1) is 17.8 Å². The summed E-state index contributed by atoms with van der Waals surface area (Å²) >= 11 is 0. The van der Waals surface area contributed by atoms with Crippen LogP contribution in [-0.2, 0) is 17.5 Å². The Morgan fingerprint density at radius 2 is 1.88 bits per heavy atom. The number of rotatable bonds is 6. The Hall–Kier alpha value is -2.54. The first-order chi connectivity index (χ1) is 11.8. The number of hydrogen-bond acceptors (Lipinski definition) is 3. The third-order valence-corrected chi connectivity index (χ3v) is 3.68. The zero-order valence-corrected chi connectivity index (χ0v) is 13.8. The van der Waals surface area contributed by atoms with Crippen molar-refractivity contribution in [1.82, 2.24) is 4.90 Å². The van der Waals surface area contributed by atoms with E-state index in [0.717, 1.165) is 11.6 Å². The van der Waals surface area contributed by atoms with Crippen molar-refractivity contribution in [3.63, 3.8) is 0 Å². The Morgan fingerprint density at radius 3 is 2.52 bits per heavy atom. The maximum atomic E-state index is 13.0. The van der Waals surface area contributed by atoms with Crippen LogP contribution in [0.4, 0.5) is 24.5 Å². The van der Waals surface area contributed by atoms with Crippen molar-refractivity contribution in [3.8, 4) is 0 Å². The first kappa shape index (κ1) is 18.8. The van der Waals surface area contributed by atoms with Gasteiger partial charge in [-0.25, -0.2) is 0 Å². The van der Waals surface area contributed by atoms with Gasteiger partial charge in [0.15, 0.2) is 0 Å². The molecule has 4 nitrogen and oxygen atoms in total. The highest BCUT2D eigenvalue weighted by Crippen LogP contribution is 2.34. The Morgan fingerprint density at radius 1 is 1.16 bits per heavy atom. The lowest BCUT2D eigenvalue weighted by molar-refractivity contribution is -0.137. The quantitative estimate of drug-likeness (QED) is 0.780. The molecule has 0 fully saturated rings. The van der Waals surface area contributed by atoms with Crippen LogP contribution in [-0.4, -0.2) is 23.9 Å². The number of alkyl halides is 3. The topological polar surface area (TPSA) is 58.4 Å². The second-order valence-corrected chi connectivity index (χ2v) is 5.64. The molecular formula is C18H20F3N3O. The van der Waals surface area contributed by atoms with Gasteiger partial charge in [-0.2, -0.15) is 13.2 Å². The average molecular weight is 351 g/mol. The summed E-state index contributed by atoms with van der Waals surface area (Å²) in [5, 5.41) is 2.35. The van der Waals surface area contributed by atoms with Gasteiger partial charge in [0, 0.05) is 12.2 Å². The molecule has 0 aliphatic carbocycles. The van der Waals surface area contributed by atoms with Gasteiger partial charge in [-0.3, -0.25) is 9.69 Å². The van der Waals surface area contributed by atoms with Crippen molar-refractivity contribution < 1.29 is 18.0 Å². The predicted molar refractivity (Wildman–Crippen MR) is 91.9 cm³/mol. The fourth-order valence-corrected chi connectivity index (χ4v) is 2.46. The molecular weight excluding hydrogens is 331 g/mol. The van der Waals surface area contributed by atoms with E-state index in [1.165, 1.54) is 18.2 Å². The largest absolute Gasteiger partial charge is 0.418 e. The van der Waals surface area contributed by atoms with Crippen LogP contribution in [0.15, 0.2) is 48.5 Å². The molecule has 0 radical (unpaired) electrons. The summed E-state index contributed by atoms with van der Waals surface area (Å²) in [7, 11) is 0. The number of nitrogens with one attached hydrogen (secondary N) is 1. The molecule has 2 aromatic carbocycles. The highest BCUT2D eigenvalue weighted by Gasteiger charge is 2.33. The molecule has 0 aliphatic rings. The monoisotopic (exact) mass is 351 g/mol. The normalized spacial score (nSPS) is 11.6. The van der Waals surface area contributed by atoms with E-state index in [-0.39, 0.29) is 12.2 Å². The van der Waals surface area contributed by atoms with Gasteiger partial charge in [-0.05, 0) is 36.4 Å². The first-order valence-corrected chi connectivity index (χ1v) is 7.82. The smallest absolute Gasteiger partial charge is 0.399 e. The Bertz CT molecular complexity index is 732.